The van der Waals surface area contributed by atoms with E-state index in [9.17, 15) is 0 Å². The first-order chi connectivity index (χ1) is 7.71. The summed E-state index contributed by atoms with van der Waals surface area (Å²) in [6.07, 6.45) is 1.64. The van der Waals surface area contributed by atoms with Crippen LogP contribution in [0.2, 0.25) is 0 Å². The van der Waals surface area contributed by atoms with E-state index in [0.717, 1.165) is 5.56 Å². The van der Waals surface area contributed by atoms with Crippen molar-refractivity contribution in [1.29, 1.82) is 0 Å². The number of anilines is 2. The Morgan fingerprint density at radius 1 is 1.62 bits per heavy atom. The maximum absolute atomic E-state index is 9.11. The highest BCUT2D eigenvalue weighted by Gasteiger charge is 2.10. The lowest BCUT2D eigenvalue weighted by atomic mass is 10.3. The summed E-state index contributed by atoms with van der Waals surface area (Å²) in [6, 6.07) is -0.204. The smallest absolute Gasteiger partial charge is 0.239 e. The fourth-order valence-electron chi connectivity index (χ4n) is 1.19. The summed E-state index contributed by atoms with van der Waals surface area (Å²) in [5.41, 5.74) is 3.23. The van der Waals surface area contributed by atoms with Crippen molar-refractivity contribution in [3.8, 4) is 0 Å². The molecule has 0 aromatic carbocycles. The monoisotopic (exact) mass is 227 g/mol. The molecule has 90 valence electrons. The third kappa shape index (κ3) is 3.30. The maximum atomic E-state index is 9.11. The van der Waals surface area contributed by atoms with E-state index in [0.29, 0.717) is 18.4 Å². The van der Waals surface area contributed by atoms with Crippen molar-refractivity contribution in [2.45, 2.75) is 13.0 Å². The van der Waals surface area contributed by atoms with Gasteiger partial charge in [0.2, 0.25) is 5.95 Å². The minimum absolute atomic E-state index is 0.0390. The van der Waals surface area contributed by atoms with Gasteiger partial charge in [0.15, 0.2) is 0 Å². The molecule has 1 rings (SSSR count). The van der Waals surface area contributed by atoms with Crippen LogP contribution in [0.1, 0.15) is 5.56 Å². The molecule has 1 heterocycles. The van der Waals surface area contributed by atoms with Crippen LogP contribution in [-0.2, 0) is 4.74 Å². The molecule has 7 heteroatoms. The van der Waals surface area contributed by atoms with Gasteiger partial charge in [-0.1, -0.05) is 0 Å². The molecule has 1 atom stereocenters. The Balaban J connectivity index is 2.77. The number of aliphatic hydroxyl groups is 1. The molecule has 0 fully saturated rings. The van der Waals surface area contributed by atoms with Gasteiger partial charge in [0, 0.05) is 18.9 Å². The molecular weight excluding hydrogens is 210 g/mol. The van der Waals surface area contributed by atoms with Crippen LogP contribution < -0.4 is 16.6 Å². The molecule has 5 N–H and O–H groups in total. The Morgan fingerprint density at radius 3 is 2.94 bits per heavy atom. The first-order valence-corrected chi connectivity index (χ1v) is 4.87. The molecule has 16 heavy (non-hydrogen) atoms. The standard InChI is InChI=1S/C9H17N5O2/c1-6-3-11-9(14-10)13-8(6)12-7(4-15)5-16-2/h3,7,15H,4-5,10H2,1-2H3,(H2,11,12,13,14). The molecule has 0 amide bonds. The number of nitrogens with zero attached hydrogens (tertiary/aromatic N) is 2. The van der Waals surface area contributed by atoms with Crippen LogP contribution in [-0.4, -0.2) is 41.4 Å². The predicted octanol–water partition coefficient (Wildman–Crippen LogP) is -0.510. The number of hydrogen-bond acceptors (Lipinski definition) is 7. The Hall–Kier alpha value is -1.44. The van der Waals surface area contributed by atoms with Crippen molar-refractivity contribution >= 4 is 11.8 Å². The van der Waals surface area contributed by atoms with E-state index in [1.807, 2.05) is 6.92 Å². The van der Waals surface area contributed by atoms with Crippen LogP contribution in [0.15, 0.2) is 6.20 Å². The van der Waals surface area contributed by atoms with Crippen molar-refractivity contribution in [1.82, 2.24) is 9.97 Å². The second-order valence-electron chi connectivity index (χ2n) is 3.35. The molecule has 0 aliphatic heterocycles. The lowest BCUT2D eigenvalue weighted by Gasteiger charge is -2.17. The highest BCUT2D eigenvalue weighted by atomic mass is 16.5. The van der Waals surface area contributed by atoms with Crippen LogP contribution in [0.25, 0.3) is 0 Å². The maximum Gasteiger partial charge on any atom is 0.239 e. The Morgan fingerprint density at radius 2 is 2.38 bits per heavy atom. The average Bonchev–Trinajstić information content (AvgIpc) is 2.31. The molecular formula is C9H17N5O2. The van der Waals surface area contributed by atoms with Gasteiger partial charge in [0.05, 0.1) is 19.3 Å². The zero-order valence-corrected chi connectivity index (χ0v) is 9.40. The van der Waals surface area contributed by atoms with E-state index in [1.165, 1.54) is 0 Å². The second kappa shape index (κ2) is 6.21. The number of hydrogen-bond donors (Lipinski definition) is 4. The van der Waals surface area contributed by atoms with Crippen LogP contribution in [0.3, 0.4) is 0 Å². The van der Waals surface area contributed by atoms with Gasteiger partial charge in [0.1, 0.15) is 5.82 Å². The van der Waals surface area contributed by atoms with Crippen LogP contribution in [0.5, 0.6) is 0 Å². The number of aryl methyl sites for hydroxylation is 1. The van der Waals surface area contributed by atoms with E-state index in [2.05, 4.69) is 20.7 Å². The summed E-state index contributed by atoms with van der Waals surface area (Å²) < 4.78 is 4.96. The zero-order valence-electron chi connectivity index (χ0n) is 9.40. The lowest BCUT2D eigenvalue weighted by Crippen LogP contribution is -2.29. The van der Waals surface area contributed by atoms with Gasteiger partial charge < -0.3 is 15.2 Å². The second-order valence-corrected chi connectivity index (χ2v) is 3.35. The number of nitrogen functional groups attached to an aromatic ring is 1. The van der Waals surface area contributed by atoms with E-state index in [-0.39, 0.29) is 12.6 Å². The Bertz CT molecular complexity index is 334. The quantitative estimate of drug-likeness (QED) is 0.383. The van der Waals surface area contributed by atoms with Crippen molar-refractivity contribution < 1.29 is 9.84 Å². The highest BCUT2D eigenvalue weighted by molar-refractivity contribution is 5.46. The summed E-state index contributed by atoms with van der Waals surface area (Å²) in [5.74, 6) is 6.16. The predicted molar refractivity (Wildman–Crippen MR) is 61.0 cm³/mol. The van der Waals surface area contributed by atoms with E-state index >= 15 is 0 Å². The van der Waals surface area contributed by atoms with Gasteiger partial charge in [-0.15, -0.1) is 0 Å². The zero-order chi connectivity index (χ0) is 12.0. The molecule has 0 aliphatic carbocycles. The number of aliphatic hydroxyl groups excluding tert-OH is 1. The summed E-state index contributed by atoms with van der Waals surface area (Å²) in [5, 5.41) is 12.2. The number of ether oxygens (including phenoxy) is 1. The fraction of sp³-hybridized carbons (Fsp3) is 0.556. The molecule has 7 nitrogen and oxygen atoms in total. The van der Waals surface area contributed by atoms with Gasteiger partial charge in [-0.05, 0) is 6.92 Å². The number of rotatable bonds is 6. The lowest BCUT2D eigenvalue weighted by molar-refractivity contribution is 0.153. The first kappa shape index (κ1) is 12.6. The van der Waals surface area contributed by atoms with Crippen molar-refractivity contribution in [3.05, 3.63) is 11.8 Å². The molecule has 1 aromatic heterocycles. The average molecular weight is 227 g/mol. The minimum Gasteiger partial charge on any atom is -0.394 e. The molecule has 1 aromatic rings. The van der Waals surface area contributed by atoms with Gasteiger partial charge in [-0.2, -0.15) is 4.98 Å². The SMILES string of the molecule is COCC(CO)Nc1nc(NN)ncc1C. The summed E-state index contributed by atoms with van der Waals surface area (Å²) >= 11 is 0. The number of nitrogens with two attached hydrogens (primary N) is 1. The first-order valence-electron chi connectivity index (χ1n) is 4.87. The summed E-state index contributed by atoms with van der Waals surface area (Å²) in [7, 11) is 1.57. The molecule has 0 aliphatic rings. The van der Waals surface area contributed by atoms with E-state index in [1.54, 1.807) is 13.3 Å². The van der Waals surface area contributed by atoms with Gasteiger partial charge >= 0.3 is 0 Å². The van der Waals surface area contributed by atoms with Crippen LogP contribution in [0, 0.1) is 6.92 Å². The van der Waals surface area contributed by atoms with Crippen LogP contribution in [0.4, 0.5) is 11.8 Å². The highest BCUT2D eigenvalue weighted by Crippen LogP contribution is 2.13. The third-order valence-electron chi connectivity index (χ3n) is 2.03. The van der Waals surface area contributed by atoms with Gasteiger partial charge in [-0.25, -0.2) is 10.8 Å². The Kier molecular flexibility index (Phi) is 4.90. The normalized spacial score (nSPS) is 12.2. The summed E-state index contributed by atoms with van der Waals surface area (Å²) in [6.45, 7) is 2.22. The molecule has 0 spiro atoms. The van der Waals surface area contributed by atoms with Crippen molar-refractivity contribution in [2.75, 3.05) is 31.1 Å². The Labute approximate surface area is 94.0 Å². The number of aromatic nitrogens is 2. The van der Waals surface area contributed by atoms with Crippen molar-refractivity contribution in [3.63, 3.8) is 0 Å². The fourth-order valence-corrected chi connectivity index (χ4v) is 1.19. The molecule has 0 bridgehead atoms. The van der Waals surface area contributed by atoms with Crippen molar-refractivity contribution in [2.24, 2.45) is 5.84 Å². The van der Waals surface area contributed by atoms with Gasteiger partial charge in [-0.3, -0.25) is 5.43 Å². The molecule has 1 unspecified atom stereocenters. The largest absolute Gasteiger partial charge is 0.394 e. The number of hydrazine groups is 1. The minimum atomic E-state index is -0.204. The topological polar surface area (TPSA) is 105 Å². The third-order valence-corrected chi connectivity index (χ3v) is 2.03. The van der Waals surface area contributed by atoms with E-state index in [4.69, 9.17) is 15.7 Å². The molecule has 0 radical (unpaired) electrons. The number of nitrogens with one attached hydrogen (secondary N) is 2. The summed E-state index contributed by atoms with van der Waals surface area (Å²) in [4.78, 5) is 8.09. The molecule has 0 saturated heterocycles. The van der Waals surface area contributed by atoms with E-state index < -0.39 is 0 Å². The number of methoxy groups -OCH3 is 1. The molecule has 0 saturated carbocycles. The van der Waals surface area contributed by atoms with Crippen LogP contribution >= 0.6 is 0 Å². The van der Waals surface area contributed by atoms with Gasteiger partial charge in [0.25, 0.3) is 0 Å².